The van der Waals surface area contributed by atoms with Crippen molar-refractivity contribution in [2.75, 3.05) is 13.1 Å². The second-order valence-electron chi connectivity index (χ2n) is 8.03. The molecule has 1 N–H and O–H groups in total. The van der Waals surface area contributed by atoms with Crippen molar-refractivity contribution in [3.63, 3.8) is 0 Å². The van der Waals surface area contributed by atoms with E-state index >= 15 is 0 Å². The number of phenols is 1. The second kappa shape index (κ2) is 7.81. The molecule has 0 spiro atoms. The monoisotopic (exact) mass is 434 g/mol. The van der Waals surface area contributed by atoms with Crippen LogP contribution in [0.5, 0.6) is 5.75 Å². The molecule has 0 bridgehead atoms. The van der Waals surface area contributed by atoms with E-state index in [1.807, 2.05) is 30.0 Å². The van der Waals surface area contributed by atoms with E-state index in [0.717, 1.165) is 34.3 Å². The third-order valence-corrected chi connectivity index (χ3v) is 7.31. The third kappa shape index (κ3) is 3.70. The minimum Gasteiger partial charge on any atom is -0.508 e. The van der Waals surface area contributed by atoms with Gasteiger partial charge in [0.1, 0.15) is 11.3 Å². The van der Waals surface area contributed by atoms with E-state index in [9.17, 15) is 14.7 Å². The lowest BCUT2D eigenvalue weighted by molar-refractivity contribution is -0.131. The number of amides is 1. The van der Waals surface area contributed by atoms with Crippen molar-refractivity contribution in [1.82, 2.24) is 9.88 Å². The molecular formula is C24H22N2O4S. The average molecular weight is 435 g/mol. The molecule has 0 atom stereocenters. The summed E-state index contributed by atoms with van der Waals surface area (Å²) in [6.45, 7) is 3.13. The normalized spacial score (nSPS) is 15.1. The molecule has 1 saturated heterocycles. The van der Waals surface area contributed by atoms with Crippen molar-refractivity contribution in [3.05, 3.63) is 69.0 Å². The van der Waals surface area contributed by atoms with E-state index in [0.29, 0.717) is 30.2 Å². The van der Waals surface area contributed by atoms with Crippen LogP contribution in [0.25, 0.3) is 21.2 Å². The molecule has 2 aromatic heterocycles. The second-order valence-corrected chi connectivity index (χ2v) is 9.09. The number of rotatable bonds is 3. The molecule has 5 rings (SSSR count). The first-order valence-electron chi connectivity index (χ1n) is 10.4. The Balaban J connectivity index is 1.30. The lowest BCUT2D eigenvalue weighted by Crippen LogP contribution is -2.39. The largest absolute Gasteiger partial charge is 0.508 e. The summed E-state index contributed by atoms with van der Waals surface area (Å²) >= 11 is 1.74. The van der Waals surface area contributed by atoms with Gasteiger partial charge in [-0.3, -0.25) is 4.79 Å². The van der Waals surface area contributed by atoms with Gasteiger partial charge in [-0.25, -0.2) is 9.78 Å². The molecule has 1 amide bonds. The fourth-order valence-electron chi connectivity index (χ4n) is 4.29. The molecule has 0 unspecified atom stereocenters. The van der Waals surface area contributed by atoms with Gasteiger partial charge in [-0.15, -0.1) is 11.3 Å². The predicted molar refractivity (Wildman–Crippen MR) is 121 cm³/mol. The van der Waals surface area contributed by atoms with Crippen molar-refractivity contribution in [3.8, 4) is 5.75 Å². The summed E-state index contributed by atoms with van der Waals surface area (Å²) < 4.78 is 6.55. The number of aromatic nitrogens is 1. The number of piperidine rings is 1. The fraction of sp³-hybridized carbons (Fsp3) is 0.292. The van der Waals surface area contributed by atoms with Crippen molar-refractivity contribution in [2.45, 2.75) is 32.1 Å². The van der Waals surface area contributed by atoms with Gasteiger partial charge in [0, 0.05) is 30.5 Å². The number of carbonyl (C=O) groups excluding carboxylic acids is 1. The van der Waals surface area contributed by atoms with E-state index in [-0.39, 0.29) is 18.1 Å². The maximum absolute atomic E-state index is 12.9. The molecule has 1 aliphatic rings. The number of phenolic OH excluding ortho intramolecular Hbond substituents is 1. The number of hydrogen-bond acceptors (Lipinski definition) is 6. The van der Waals surface area contributed by atoms with Gasteiger partial charge in [-0.05, 0) is 49.6 Å². The van der Waals surface area contributed by atoms with Gasteiger partial charge in [-0.2, -0.15) is 0 Å². The summed E-state index contributed by atoms with van der Waals surface area (Å²) in [5.41, 5.74) is 1.96. The number of fused-ring (bicyclic) bond motifs is 2. The van der Waals surface area contributed by atoms with Crippen LogP contribution in [0, 0.1) is 6.92 Å². The first-order chi connectivity index (χ1) is 15.0. The van der Waals surface area contributed by atoms with E-state index in [1.54, 1.807) is 23.5 Å². The zero-order valence-electron chi connectivity index (χ0n) is 17.1. The number of aromatic hydroxyl groups is 1. The molecule has 0 radical (unpaired) electrons. The maximum Gasteiger partial charge on any atom is 0.340 e. The lowest BCUT2D eigenvalue weighted by atomic mass is 9.96. The number of likely N-dealkylation sites (tertiary alicyclic amines) is 1. The molecule has 1 aliphatic heterocycles. The number of aryl methyl sites for hydroxylation is 1. The number of hydrogen-bond donors (Lipinski definition) is 1. The fourth-order valence-corrected chi connectivity index (χ4v) is 5.43. The van der Waals surface area contributed by atoms with Crippen molar-refractivity contribution in [1.29, 1.82) is 0 Å². The van der Waals surface area contributed by atoms with Gasteiger partial charge in [0.2, 0.25) is 5.91 Å². The summed E-state index contributed by atoms with van der Waals surface area (Å²) in [6, 6.07) is 12.8. The Hall–Kier alpha value is -3.19. The molecule has 7 heteroatoms. The summed E-state index contributed by atoms with van der Waals surface area (Å²) in [7, 11) is 0. The van der Waals surface area contributed by atoms with E-state index in [4.69, 9.17) is 9.40 Å². The molecule has 4 aromatic rings. The molecular weight excluding hydrogens is 412 g/mol. The molecule has 6 nitrogen and oxygen atoms in total. The van der Waals surface area contributed by atoms with Crippen LogP contribution in [0.15, 0.2) is 51.7 Å². The molecule has 0 aliphatic carbocycles. The SMILES string of the molecule is Cc1c(CC(=O)N2CCC(c3nc4ccccc4s3)CC2)c(=O)oc2cc(O)ccc12. The molecule has 1 fully saturated rings. The smallest absolute Gasteiger partial charge is 0.340 e. The van der Waals surface area contributed by atoms with Crippen LogP contribution in [0.2, 0.25) is 0 Å². The first-order valence-corrected chi connectivity index (χ1v) is 11.2. The minimum absolute atomic E-state index is 0.0246. The van der Waals surface area contributed by atoms with Crippen molar-refractivity contribution < 1.29 is 14.3 Å². The topological polar surface area (TPSA) is 83.6 Å². The van der Waals surface area contributed by atoms with E-state index in [2.05, 4.69) is 6.07 Å². The number of nitrogens with zero attached hydrogens (tertiary/aromatic N) is 2. The highest BCUT2D eigenvalue weighted by molar-refractivity contribution is 7.18. The zero-order chi connectivity index (χ0) is 21.5. The van der Waals surface area contributed by atoms with Crippen LogP contribution >= 0.6 is 11.3 Å². The number of benzene rings is 2. The summed E-state index contributed by atoms with van der Waals surface area (Å²) in [5, 5.41) is 11.5. The Morgan fingerprint density at radius 3 is 2.77 bits per heavy atom. The zero-order valence-corrected chi connectivity index (χ0v) is 17.9. The molecule has 0 saturated carbocycles. The quantitative estimate of drug-likeness (QED) is 0.484. The van der Waals surface area contributed by atoms with Gasteiger partial charge in [0.05, 0.1) is 27.2 Å². The Morgan fingerprint density at radius 1 is 1.23 bits per heavy atom. The first kappa shape index (κ1) is 19.8. The van der Waals surface area contributed by atoms with Crippen LogP contribution in [0.4, 0.5) is 0 Å². The lowest BCUT2D eigenvalue weighted by Gasteiger charge is -2.31. The van der Waals surface area contributed by atoms with Gasteiger partial charge in [-0.1, -0.05) is 12.1 Å². The van der Waals surface area contributed by atoms with Crippen LogP contribution in [-0.4, -0.2) is 34.0 Å². The van der Waals surface area contributed by atoms with Gasteiger partial charge >= 0.3 is 5.63 Å². The number of para-hydroxylation sites is 1. The highest BCUT2D eigenvalue weighted by atomic mass is 32.1. The standard InChI is InChI=1S/C24H22N2O4S/c1-14-17-7-6-16(27)12-20(17)30-24(29)18(14)13-22(28)26-10-8-15(9-11-26)23-25-19-4-2-3-5-21(19)31-23/h2-7,12,15,27H,8-11,13H2,1H3. The highest BCUT2D eigenvalue weighted by Crippen LogP contribution is 2.34. The summed E-state index contributed by atoms with van der Waals surface area (Å²) in [4.78, 5) is 32.0. The van der Waals surface area contributed by atoms with E-state index < -0.39 is 5.63 Å². The maximum atomic E-state index is 12.9. The highest BCUT2D eigenvalue weighted by Gasteiger charge is 2.27. The Bertz CT molecular complexity index is 1320. The van der Waals surface area contributed by atoms with Crippen LogP contribution < -0.4 is 5.63 Å². The third-order valence-electron chi connectivity index (χ3n) is 6.11. The van der Waals surface area contributed by atoms with Gasteiger partial charge in [0.25, 0.3) is 0 Å². The molecule has 31 heavy (non-hydrogen) atoms. The Morgan fingerprint density at radius 2 is 2.00 bits per heavy atom. The van der Waals surface area contributed by atoms with Crippen LogP contribution in [0.3, 0.4) is 0 Å². The Labute approximate surface area is 182 Å². The van der Waals surface area contributed by atoms with Crippen molar-refractivity contribution >= 4 is 38.4 Å². The average Bonchev–Trinajstić information content (AvgIpc) is 3.21. The minimum atomic E-state index is -0.520. The number of carbonyl (C=O) groups is 1. The van der Waals surface area contributed by atoms with Gasteiger partial charge < -0.3 is 14.4 Å². The molecule has 2 aromatic carbocycles. The molecule has 3 heterocycles. The predicted octanol–water partition coefficient (Wildman–Crippen LogP) is 4.37. The van der Waals surface area contributed by atoms with Crippen LogP contribution in [0.1, 0.15) is 34.9 Å². The van der Waals surface area contributed by atoms with Gasteiger partial charge in [0.15, 0.2) is 0 Å². The Kier molecular flexibility index (Phi) is 4.98. The van der Waals surface area contributed by atoms with Crippen molar-refractivity contribution in [2.24, 2.45) is 0 Å². The van der Waals surface area contributed by atoms with E-state index in [1.165, 1.54) is 10.8 Å². The van der Waals surface area contributed by atoms with Crippen LogP contribution in [-0.2, 0) is 11.2 Å². The number of thiazole rings is 1. The summed E-state index contributed by atoms with van der Waals surface area (Å²) in [5.74, 6) is 0.341. The summed E-state index contributed by atoms with van der Waals surface area (Å²) in [6.07, 6.45) is 1.77. The molecule has 158 valence electrons.